The normalized spacial score (nSPS) is 18.7. The summed E-state index contributed by atoms with van der Waals surface area (Å²) in [6.45, 7) is 3.51. The fraction of sp³-hybridized carbons (Fsp3) is 0.556. The highest BCUT2D eigenvalue weighted by molar-refractivity contribution is 7.88. The summed E-state index contributed by atoms with van der Waals surface area (Å²) < 4.78 is 33.2. The Balaban J connectivity index is 2.05. The minimum absolute atomic E-state index is 0.0471. The molecular formula is C18H24N4O6S2. The molecule has 10 nitrogen and oxygen atoms in total. The molecule has 0 spiro atoms. The Morgan fingerprint density at radius 3 is 2.83 bits per heavy atom. The lowest BCUT2D eigenvalue weighted by Gasteiger charge is -2.31. The number of ether oxygens (including phenoxy) is 1. The third-order valence-corrected chi connectivity index (χ3v) is 7.24. The Labute approximate surface area is 178 Å². The van der Waals surface area contributed by atoms with Crippen LogP contribution in [0.25, 0.3) is 10.2 Å². The Bertz CT molecular complexity index is 1120. The maximum absolute atomic E-state index is 12.9. The molecule has 1 aliphatic rings. The Hall–Kier alpha value is -2.15. The first-order valence-corrected chi connectivity index (χ1v) is 12.3. The summed E-state index contributed by atoms with van der Waals surface area (Å²) in [4.78, 5) is 28.2. The molecule has 0 radical (unpaired) electrons. The van der Waals surface area contributed by atoms with Gasteiger partial charge < -0.3 is 9.30 Å². The van der Waals surface area contributed by atoms with Crippen LogP contribution in [-0.2, 0) is 26.1 Å². The van der Waals surface area contributed by atoms with Crippen molar-refractivity contribution in [1.82, 2.24) is 8.87 Å². The third kappa shape index (κ3) is 4.94. The van der Waals surface area contributed by atoms with E-state index in [-0.39, 0.29) is 5.69 Å². The van der Waals surface area contributed by atoms with Crippen molar-refractivity contribution < 1.29 is 22.9 Å². The third-order valence-electron chi connectivity index (χ3n) is 4.91. The number of hydrogen-bond acceptors (Lipinski definition) is 7. The largest absolute Gasteiger partial charge is 0.380 e. The van der Waals surface area contributed by atoms with E-state index in [1.165, 1.54) is 16.4 Å². The standard InChI is InChI=1S/C18H24N4O6S2/c1-3-28-11-10-20-14-8-7-13(22(24)25)12-16(14)29-18(20)19-17(23)15-6-4-5-9-21(15)30(2,26)27/h7-8,12,15H,3-6,9-11H2,1-2H3. The summed E-state index contributed by atoms with van der Waals surface area (Å²) in [7, 11) is -3.53. The molecule has 1 aromatic carbocycles. The molecule has 1 unspecified atom stereocenters. The minimum Gasteiger partial charge on any atom is -0.380 e. The van der Waals surface area contributed by atoms with Crippen molar-refractivity contribution in [3.8, 4) is 0 Å². The van der Waals surface area contributed by atoms with Gasteiger partial charge in [0.25, 0.3) is 11.6 Å². The summed E-state index contributed by atoms with van der Waals surface area (Å²) in [5.74, 6) is -0.522. The Kier molecular flexibility index (Phi) is 7.01. The van der Waals surface area contributed by atoms with Gasteiger partial charge in [-0.3, -0.25) is 14.9 Å². The lowest BCUT2D eigenvalue weighted by atomic mass is 10.0. The first-order chi connectivity index (χ1) is 14.2. The van der Waals surface area contributed by atoms with Crippen LogP contribution in [0, 0.1) is 10.1 Å². The zero-order chi connectivity index (χ0) is 21.9. The second-order valence-corrected chi connectivity index (χ2v) is 9.92. The molecule has 0 bridgehead atoms. The summed E-state index contributed by atoms with van der Waals surface area (Å²) in [6.07, 6.45) is 2.98. The molecule has 1 aliphatic heterocycles. The van der Waals surface area contributed by atoms with Gasteiger partial charge in [0.05, 0.1) is 28.0 Å². The van der Waals surface area contributed by atoms with E-state index in [2.05, 4.69) is 4.99 Å². The average molecular weight is 457 g/mol. The van der Waals surface area contributed by atoms with Gasteiger partial charge >= 0.3 is 0 Å². The number of fused-ring (bicyclic) bond motifs is 1. The second-order valence-electron chi connectivity index (χ2n) is 6.98. The van der Waals surface area contributed by atoms with Crippen molar-refractivity contribution >= 4 is 43.2 Å². The van der Waals surface area contributed by atoms with Gasteiger partial charge in [-0.25, -0.2) is 8.42 Å². The van der Waals surface area contributed by atoms with Gasteiger partial charge in [0.15, 0.2) is 4.80 Å². The van der Waals surface area contributed by atoms with Crippen molar-refractivity contribution in [1.29, 1.82) is 0 Å². The number of rotatable bonds is 7. The van der Waals surface area contributed by atoms with Crippen molar-refractivity contribution in [3.63, 3.8) is 0 Å². The molecule has 1 fully saturated rings. The van der Waals surface area contributed by atoms with E-state index >= 15 is 0 Å². The van der Waals surface area contributed by atoms with Crippen LogP contribution in [0.3, 0.4) is 0 Å². The molecule has 164 valence electrons. The molecule has 0 N–H and O–H groups in total. The summed E-state index contributed by atoms with van der Waals surface area (Å²) >= 11 is 1.16. The molecule has 2 heterocycles. The number of thiazole rings is 1. The summed E-state index contributed by atoms with van der Waals surface area (Å²) in [5, 5.41) is 11.1. The molecule has 2 aromatic rings. The number of benzene rings is 1. The van der Waals surface area contributed by atoms with Crippen molar-refractivity contribution in [2.75, 3.05) is 26.0 Å². The van der Waals surface area contributed by atoms with Gasteiger partial charge in [-0.15, -0.1) is 0 Å². The number of hydrogen-bond donors (Lipinski definition) is 0. The van der Waals surface area contributed by atoms with E-state index in [9.17, 15) is 23.3 Å². The summed E-state index contributed by atoms with van der Waals surface area (Å²) in [5.41, 5.74) is 0.662. The number of sulfonamides is 1. The van der Waals surface area contributed by atoms with E-state index in [0.717, 1.165) is 24.0 Å². The zero-order valence-corrected chi connectivity index (χ0v) is 18.4. The van der Waals surface area contributed by atoms with Crippen LogP contribution in [0.5, 0.6) is 0 Å². The predicted octanol–water partition coefficient (Wildman–Crippen LogP) is 1.89. The lowest BCUT2D eigenvalue weighted by molar-refractivity contribution is -0.384. The highest BCUT2D eigenvalue weighted by atomic mass is 32.2. The lowest BCUT2D eigenvalue weighted by Crippen LogP contribution is -2.47. The molecule has 30 heavy (non-hydrogen) atoms. The van der Waals surface area contributed by atoms with Crippen LogP contribution in [0.2, 0.25) is 0 Å². The average Bonchev–Trinajstić information content (AvgIpc) is 3.03. The van der Waals surface area contributed by atoms with Gasteiger partial charge in [-0.05, 0) is 25.8 Å². The van der Waals surface area contributed by atoms with Crippen molar-refractivity contribution in [3.05, 3.63) is 33.1 Å². The van der Waals surface area contributed by atoms with Crippen LogP contribution < -0.4 is 4.80 Å². The number of carbonyl (C=O) groups is 1. The van der Waals surface area contributed by atoms with E-state index < -0.39 is 26.9 Å². The Morgan fingerprint density at radius 2 is 2.17 bits per heavy atom. The van der Waals surface area contributed by atoms with Gasteiger partial charge in [-0.2, -0.15) is 9.30 Å². The van der Waals surface area contributed by atoms with Crippen LogP contribution in [0.15, 0.2) is 23.2 Å². The van der Waals surface area contributed by atoms with E-state index in [4.69, 9.17) is 4.74 Å². The number of non-ortho nitro benzene ring substituents is 1. The van der Waals surface area contributed by atoms with Crippen molar-refractivity contribution in [2.24, 2.45) is 4.99 Å². The first-order valence-electron chi connectivity index (χ1n) is 9.63. The van der Waals surface area contributed by atoms with Gasteiger partial charge in [0, 0.05) is 31.8 Å². The molecule has 1 saturated heterocycles. The summed E-state index contributed by atoms with van der Waals surface area (Å²) in [6, 6.07) is 3.66. The van der Waals surface area contributed by atoms with Gasteiger partial charge in [0.1, 0.15) is 6.04 Å². The Morgan fingerprint density at radius 1 is 1.40 bits per heavy atom. The fourth-order valence-corrected chi connectivity index (χ4v) is 5.71. The SMILES string of the molecule is CCOCCn1c(=NC(=O)C2CCCCN2S(C)(=O)=O)sc2cc([N+](=O)[O-])ccc21. The van der Waals surface area contributed by atoms with Crippen LogP contribution in [0.1, 0.15) is 26.2 Å². The number of aromatic nitrogens is 1. The van der Waals surface area contributed by atoms with E-state index in [1.807, 2.05) is 6.92 Å². The zero-order valence-electron chi connectivity index (χ0n) is 16.8. The maximum Gasteiger partial charge on any atom is 0.270 e. The van der Waals surface area contributed by atoms with Gasteiger partial charge in [0.2, 0.25) is 10.0 Å². The number of nitro groups is 1. The number of amides is 1. The quantitative estimate of drug-likeness (QED) is 0.356. The number of carbonyl (C=O) groups excluding carboxylic acids is 1. The molecule has 0 saturated carbocycles. The van der Waals surface area contributed by atoms with Crippen molar-refractivity contribution in [2.45, 2.75) is 38.8 Å². The molecule has 1 amide bonds. The number of nitro benzene ring substituents is 1. The molecule has 0 aliphatic carbocycles. The highest BCUT2D eigenvalue weighted by Gasteiger charge is 2.34. The van der Waals surface area contributed by atoms with Crippen LogP contribution >= 0.6 is 11.3 Å². The number of piperidine rings is 1. The smallest absolute Gasteiger partial charge is 0.270 e. The molecule has 1 aromatic heterocycles. The van der Waals surface area contributed by atoms with E-state index in [1.54, 1.807) is 10.6 Å². The fourth-order valence-electron chi connectivity index (χ4n) is 3.49. The molecule has 12 heteroatoms. The minimum atomic E-state index is -3.53. The van der Waals surface area contributed by atoms with E-state index in [0.29, 0.717) is 54.2 Å². The van der Waals surface area contributed by atoms with Crippen LogP contribution in [-0.4, -0.2) is 60.2 Å². The second kappa shape index (κ2) is 9.33. The van der Waals surface area contributed by atoms with Crippen LogP contribution in [0.4, 0.5) is 5.69 Å². The molecule has 1 atom stereocenters. The monoisotopic (exact) mass is 456 g/mol. The topological polar surface area (TPSA) is 124 Å². The number of nitrogens with zero attached hydrogens (tertiary/aromatic N) is 4. The highest BCUT2D eigenvalue weighted by Crippen LogP contribution is 2.24. The predicted molar refractivity (Wildman–Crippen MR) is 113 cm³/mol. The maximum atomic E-state index is 12.9. The molecule has 3 rings (SSSR count). The first kappa shape index (κ1) is 22.5. The molecular weight excluding hydrogens is 432 g/mol. The van der Waals surface area contributed by atoms with Gasteiger partial charge in [-0.1, -0.05) is 17.8 Å².